The molecule has 0 amide bonds. The van der Waals surface area contributed by atoms with Gasteiger partial charge in [-0.3, -0.25) is 0 Å². The molecule has 66 valence electrons. The first-order valence-corrected chi connectivity index (χ1v) is 6.78. The maximum atomic E-state index is 8.79. The predicted molar refractivity (Wildman–Crippen MR) is 52.7 cm³/mol. The molecular weight excluding hydrogens is 177 g/mol. The normalized spacial score (nSPS) is 11.5. The van der Waals surface area contributed by atoms with Crippen LogP contribution in [0.4, 0.5) is 0 Å². The molecule has 0 aromatic carbocycles. The number of halogens is 1. The van der Waals surface area contributed by atoms with Crippen molar-refractivity contribution < 1.29 is 0 Å². The molecule has 0 spiro atoms. The molecule has 11 heavy (non-hydrogen) atoms. The molecule has 0 saturated carbocycles. The summed E-state index contributed by atoms with van der Waals surface area (Å²) in [7, 11) is 0. The Morgan fingerprint density at radius 1 is 1.09 bits per heavy atom. The monoisotopic (exact) mass is 193 g/mol. The zero-order valence-corrected chi connectivity index (χ0v) is 8.87. The Bertz CT molecular complexity index is 139. The van der Waals surface area contributed by atoms with E-state index in [1.54, 1.807) is 0 Å². The van der Waals surface area contributed by atoms with E-state index in [0.29, 0.717) is 0 Å². The third-order valence-corrected chi connectivity index (χ3v) is 2.89. The summed E-state index contributed by atoms with van der Waals surface area (Å²) in [6.07, 6.45) is 8.40. The van der Waals surface area contributed by atoms with Crippen LogP contribution in [0.25, 0.3) is 0 Å². The van der Waals surface area contributed by atoms with Crippen LogP contribution in [0.5, 0.6) is 0 Å². The lowest BCUT2D eigenvalue weighted by molar-refractivity contribution is 0.626. The second-order valence-corrected chi connectivity index (χ2v) is 5.12. The van der Waals surface area contributed by atoms with Crippen LogP contribution in [-0.2, 0) is 0 Å². The summed E-state index contributed by atoms with van der Waals surface area (Å²) < 4.78 is 0. The van der Waals surface area contributed by atoms with Gasteiger partial charge in [-0.05, 0) is 17.7 Å². The molecule has 0 aliphatic rings. The number of hydrogen-bond acceptors (Lipinski definition) is 1. The Morgan fingerprint density at radius 2 is 1.64 bits per heavy atom. The number of unbranched alkanes of at least 4 members (excludes halogenated alkanes) is 5. The highest BCUT2D eigenvalue weighted by Gasteiger charge is 1.92. The molecule has 0 saturated heterocycles. The quantitative estimate of drug-likeness (QED) is 0.451. The molecular formula is C8H17ClNP. The van der Waals surface area contributed by atoms with E-state index in [9.17, 15) is 0 Å². The smallest absolute Gasteiger partial charge is 0.138 e. The van der Waals surface area contributed by atoms with E-state index in [-0.39, 0.29) is 0 Å². The molecule has 0 aliphatic heterocycles. The van der Waals surface area contributed by atoms with Crippen LogP contribution >= 0.6 is 18.2 Å². The SMILES string of the molecule is CCCCCCCCP(#N)Cl. The lowest BCUT2D eigenvalue weighted by Gasteiger charge is -1.96. The third kappa shape index (κ3) is 10.3. The fraction of sp³-hybridized carbons (Fsp3) is 1.00. The molecule has 0 bridgehead atoms. The van der Waals surface area contributed by atoms with E-state index in [1.165, 1.54) is 32.1 Å². The lowest BCUT2D eigenvalue weighted by Crippen LogP contribution is -1.79. The molecule has 0 N–H and O–H groups in total. The van der Waals surface area contributed by atoms with E-state index in [2.05, 4.69) is 6.92 Å². The second-order valence-electron chi connectivity index (χ2n) is 2.83. The topological polar surface area (TPSA) is 23.8 Å². The average molecular weight is 194 g/mol. The Kier molecular flexibility index (Phi) is 8.63. The van der Waals surface area contributed by atoms with Crippen molar-refractivity contribution in [2.24, 2.45) is 0 Å². The van der Waals surface area contributed by atoms with Gasteiger partial charge in [0, 0.05) is 6.16 Å². The molecule has 0 aliphatic carbocycles. The van der Waals surface area contributed by atoms with Gasteiger partial charge in [-0.15, -0.1) is 0 Å². The van der Waals surface area contributed by atoms with Crippen molar-refractivity contribution in [1.82, 2.24) is 0 Å². The highest BCUT2D eigenvalue weighted by molar-refractivity contribution is 7.72. The van der Waals surface area contributed by atoms with E-state index in [0.717, 1.165) is 12.6 Å². The van der Waals surface area contributed by atoms with Crippen LogP contribution in [0.15, 0.2) is 0 Å². The first-order valence-electron chi connectivity index (χ1n) is 4.39. The Balaban J connectivity index is 2.87. The lowest BCUT2D eigenvalue weighted by atomic mass is 10.1. The minimum absolute atomic E-state index is 0.809. The number of hydrogen-bond donors (Lipinski definition) is 0. The molecule has 3 heteroatoms. The van der Waals surface area contributed by atoms with Crippen molar-refractivity contribution in [2.45, 2.75) is 45.4 Å². The fourth-order valence-corrected chi connectivity index (χ4v) is 1.87. The minimum Gasteiger partial charge on any atom is -0.227 e. The first kappa shape index (κ1) is 11.3. The Hall–Kier alpha value is 0.300. The highest BCUT2D eigenvalue weighted by Crippen LogP contribution is 2.24. The van der Waals surface area contributed by atoms with E-state index < -0.39 is 6.91 Å². The van der Waals surface area contributed by atoms with Gasteiger partial charge in [0.25, 0.3) is 0 Å². The van der Waals surface area contributed by atoms with Crippen molar-refractivity contribution in [2.75, 3.05) is 6.16 Å². The molecule has 0 fully saturated rings. The highest BCUT2D eigenvalue weighted by atomic mass is 35.7. The maximum Gasteiger partial charge on any atom is 0.138 e. The largest absolute Gasteiger partial charge is 0.227 e. The van der Waals surface area contributed by atoms with Crippen molar-refractivity contribution >= 4 is 18.2 Å². The summed E-state index contributed by atoms with van der Waals surface area (Å²) in [5.74, 6) is 0. The van der Waals surface area contributed by atoms with Gasteiger partial charge >= 0.3 is 0 Å². The van der Waals surface area contributed by atoms with Gasteiger partial charge in [-0.25, -0.2) is 5.00 Å². The molecule has 0 rings (SSSR count). The first-order chi connectivity index (χ1) is 5.27. The van der Waals surface area contributed by atoms with Crippen molar-refractivity contribution in [1.29, 1.82) is 5.00 Å². The van der Waals surface area contributed by atoms with Crippen molar-refractivity contribution in [3.8, 4) is 0 Å². The summed E-state index contributed by atoms with van der Waals surface area (Å²) in [6.45, 7) is 1.06. The zero-order chi connectivity index (χ0) is 8.53. The Labute approximate surface area is 75.3 Å². The van der Waals surface area contributed by atoms with Crippen LogP contribution in [0.2, 0.25) is 0 Å². The molecule has 0 heterocycles. The van der Waals surface area contributed by atoms with Gasteiger partial charge in [-0.1, -0.05) is 39.0 Å². The van der Waals surface area contributed by atoms with Crippen LogP contribution in [0, 0.1) is 5.00 Å². The Morgan fingerprint density at radius 3 is 2.18 bits per heavy atom. The van der Waals surface area contributed by atoms with E-state index >= 15 is 0 Å². The van der Waals surface area contributed by atoms with Gasteiger partial charge in [0.2, 0.25) is 0 Å². The molecule has 1 nitrogen and oxygen atoms in total. The summed E-state index contributed by atoms with van der Waals surface area (Å²) in [5, 5.41) is 8.79. The van der Waals surface area contributed by atoms with Crippen LogP contribution in [0.3, 0.4) is 0 Å². The maximum absolute atomic E-state index is 8.79. The zero-order valence-electron chi connectivity index (χ0n) is 7.22. The third-order valence-electron chi connectivity index (χ3n) is 1.70. The predicted octanol–water partition coefficient (Wildman–Crippen LogP) is 4.46. The standard InChI is InChI=1S/C8H17ClNP/c1-2-3-4-5-6-7-8-11(9)10/h2-8H2,1H3. The average Bonchev–Trinajstić information content (AvgIpc) is 1.96. The number of rotatable bonds is 6. The van der Waals surface area contributed by atoms with Crippen LogP contribution < -0.4 is 0 Å². The van der Waals surface area contributed by atoms with Gasteiger partial charge in [0.1, 0.15) is 6.91 Å². The van der Waals surface area contributed by atoms with Crippen molar-refractivity contribution in [3.05, 3.63) is 0 Å². The van der Waals surface area contributed by atoms with Gasteiger partial charge in [0.05, 0.1) is 0 Å². The van der Waals surface area contributed by atoms with Gasteiger partial charge < -0.3 is 0 Å². The molecule has 0 radical (unpaired) electrons. The van der Waals surface area contributed by atoms with Crippen molar-refractivity contribution in [3.63, 3.8) is 0 Å². The fourth-order valence-electron chi connectivity index (χ4n) is 1.02. The van der Waals surface area contributed by atoms with E-state index in [4.69, 9.17) is 16.2 Å². The van der Waals surface area contributed by atoms with Crippen LogP contribution in [-0.4, -0.2) is 6.16 Å². The molecule has 0 aromatic heterocycles. The summed E-state index contributed by atoms with van der Waals surface area (Å²) in [6, 6.07) is 0. The molecule has 1 unspecified atom stereocenters. The molecule has 0 aromatic rings. The summed E-state index contributed by atoms with van der Waals surface area (Å²) in [4.78, 5) is 0. The molecule has 1 atom stereocenters. The summed E-state index contributed by atoms with van der Waals surface area (Å²) >= 11 is 5.44. The second kappa shape index (κ2) is 8.40. The van der Waals surface area contributed by atoms with E-state index in [1.807, 2.05) is 0 Å². The van der Waals surface area contributed by atoms with Gasteiger partial charge in [0.15, 0.2) is 0 Å². The number of nitrogens with zero attached hydrogens (tertiary/aromatic N) is 1. The summed E-state index contributed by atoms with van der Waals surface area (Å²) in [5.41, 5.74) is 0. The van der Waals surface area contributed by atoms with Crippen LogP contribution in [0.1, 0.15) is 45.4 Å². The van der Waals surface area contributed by atoms with Gasteiger partial charge in [-0.2, -0.15) is 0 Å². The minimum atomic E-state index is -1.15.